The van der Waals surface area contributed by atoms with Gasteiger partial charge in [-0.1, -0.05) is 29.8 Å². The van der Waals surface area contributed by atoms with Crippen LogP contribution in [0.15, 0.2) is 67.0 Å². The van der Waals surface area contributed by atoms with Crippen molar-refractivity contribution in [1.82, 2.24) is 19.9 Å². The highest BCUT2D eigenvalue weighted by molar-refractivity contribution is 5.93. The number of para-hydroxylation sites is 2. The van der Waals surface area contributed by atoms with E-state index in [0.29, 0.717) is 18.7 Å². The van der Waals surface area contributed by atoms with Gasteiger partial charge in [-0.25, -0.2) is 4.98 Å². The van der Waals surface area contributed by atoms with Gasteiger partial charge in [-0.2, -0.15) is 0 Å². The summed E-state index contributed by atoms with van der Waals surface area (Å²) < 4.78 is 8.16. The SMILES string of the molecule is Cc1ccc(OCCCCn2c(CNC(=O)c3ccncc3)nc3ccccc32)c(C)c1. The normalized spacial score (nSPS) is 10.9. The lowest BCUT2D eigenvalue weighted by Crippen LogP contribution is -2.24. The standard InChI is InChI=1S/C26H28N4O2/c1-19-9-10-24(20(2)17-19)32-16-6-5-15-30-23-8-4-3-7-22(23)29-25(30)18-28-26(31)21-11-13-27-14-12-21/h3-4,7-14,17H,5-6,15-16,18H2,1-2H3,(H,28,31). The summed E-state index contributed by atoms with van der Waals surface area (Å²) in [4.78, 5) is 21.1. The van der Waals surface area contributed by atoms with Crippen LogP contribution in [0.2, 0.25) is 0 Å². The molecule has 0 spiro atoms. The zero-order valence-electron chi connectivity index (χ0n) is 18.5. The molecule has 0 atom stereocenters. The molecule has 6 nitrogen and oxygen atoms in total. The van der Waals surface area contributed by atoms with Gasteiger partial charge in [0.2, 0.25) is 0 Å². The molecule has 164 valence electrons. The lowest BCUT2D eigenvalue weighted by molar-refractivity contribution is 0.0949. The van der Waals surface area contributed by atoms with E-state index in [9.17, 15) is 4.79 Å². The Morgan fingerprint density at radius 1 is 1.03 bits per heavy atom. The van der Waals surface area contributed by atoms with Gasteiger partial charge >= 0.3 is 0 Å². The smallest absolute Gasteiger partial charge is 0.251 e. The second-order valence-corrected chi connectivity index (χ2v) is 7.91. The zero-order valence-corrected chi connectivity index (χ0v) is 18.5. The number of carbonyl (C=O) groups is 1. The number of rotatable bonds is 9. The van der Waals surface area contributed by atoms with E-state index in [4.69, 9.17) is 9.72 Å². The third kappa shape index (κ3) is 5.14. The average Bonchev–Trinajstić information content (AvgIpc) is 3.16. The minimum absolute atomic E-state index is 0.132. The van der Waals surface area contributed by atoms with Crippen molar-refractivity contribution in [3.05, 3.63) is 89.5 Å². The number of hydrogen-bond donors (Lipinski definition) is 1. The Labute approximate surface area is 188 Å². The summed E-state index contributed by atoms with van der Waals surface area (Å²) in [6.45, 7) is 6.02. The van der Waals surface area contributed by atoms with Crippen LogP contribution in [0, 0.1) is 13.8 Å². The van der Waals surface area contributed by atoms with Crippen molar-refractivity contribution < 1.29 is 9.53 Å². The quantitative estimate of drug-likeness (QED) is 0.388. The van der Waals surface area contributed by atoms with Crippen molar-refractivity contribution in [1.29, 1.82) is 0 Å². The van der Waals surface area contributed by atoms with Crippen molar-refractivity contribution >= 4 is 16.9 Å². The molecular weight excluding hydrogens is 400 g/mol. The highest BCUT2D eigenvalue weighted by Crippen LogP contribution is 2.20. The third-order valence-electron chi connectivity index (χ3n) is 5.45. The van der Waals surface area contributed by atoms with E-state index in [1.165, 1.54) is 5.56 Å². The Morgan fingerprint density at radius 2 is 1.84 bits per heavy atom. The molecule has 0 radical (unpaired) electrons. The average molecular weight is 429 g/mol. The van der Waals surface area contributed by atoms with Crippen molar-refractivity contribution in [2.75, 3.05) is 6.61 Å². The first-order valence-corrected chi connectivity index (χ1v) is 10.9. The second-order valence-electron chi connectivity index (χ2n) is 7.91. The number of nitrogens with zero attached hydrogens (tertiary/aromatic N) is 3. The molecule has 6 heteroatoms. The summed E-state index contributed by atoms with van der Waals surface area (Å²) in [7, 11) is 0. The van der Waals surface area contributed by atoms with Gasteiger partial charge in [0.1, 0.15) is 11.6 Å². The molecule has 0 aliphatic carbocycles. The summed E-state index contributed by atoms with van der Waals surface area (Å²) in [6, 6.07) is 17.7. The first-order chi connectivity index (χ1) is 15.6. The molecule has 2 aromatic carbocycles. The molecule has 2 aromatic heterocycles. The van der Waals surface area contributed by atoms with Crippen LogP contribution in [0.4, 0.5) is 0 Å². The lowest BCUT2D eigenvalue weighted by atomic mass is 10.1. The lowest BCUT2D eigenvalue weighted by Gasteiger charge is -2.12. The van der Waals surface area contributed by atoms with E-state index in [1.54, 1.807) is 24.5 Å². The summed E-state index contributed by atoms with van der Waals surface area (Å²) in [5, 5.41) is 2.98. The predicted molar refractivity (Wildman–Crippen MR) is 126 cm³/mol. The summed E-state index contributed by atoms with van der Waals surface area (Å²) >= 11 is 0. The van der Waals surface area contributed by atoms with E-state index in [1.807, 2.05) is 24.3 Å². The second kappa shape index (κ2) is 10.1. The molecule has 0 bridgehead atoms. The van der Waals surface area contributed by atoms with Crippen LogP contribution in [0.1, 0.15) is 40.2 Å². The summed E-state index contributed by atoms with van der Waals surface area (Å²) in [5.74, 6) is 1.67. The summed E-state index contributed by atoms with van der Waals surface area (Å²) in [5.41, 5.74) is 5.01. The minimum Gasteiger partial charge on any atom is -0.493 e. The summed E-state index contributed by atoms with van der Waals surface area (Å²) in [6.07, 6.45) is 5.12. The van der Waals surface area contributed by atoms with Crippen LogP contribution in [0.25, 0.3) is 11.0 Å². The molecule has 1 N–H and O–H groups in total. The molecule has 0 fully saturated rings. The van der Waals surface area contributed by atoms with Crippen molar-refractivity contribution in [2.24, 2.45) is 0 Å². The van der Waals surface area contributed by atoms with E-state index in [-0.39, 0.29) is 5.91 Å². The molecule has 32 heavy (non-hydrogen) atoms. The fraction of sp³-hybridized carbons (Fsp3) is 0.269. The van der Waals surface area contributed by atoms with Gasteiger partial charge in [-0.3, -0.25) is 9.78 Å². The van der Waals surface area contributed by atoms with Crippen molar-refractivity contribution in [3.8, 4) is 5.75 Å². The van der Waals surface area contributed by atoms with Gasteiger partial charge in [-0.05, 0) is 62.6 Å². The number of pyridine rings is 1. The number of benzene rings is 2. The molecule has 0 saturated carbocycles. The molecule has 2 heterocycles. The van der Waals surface area contributed by atoms with E-state index >= 15 is 0 Å². The topological polar surface area (TPSA) is 69.0 Å². The van der Waals surface area contributed by atoms with Gasteiger partial charge in [0.15, 0.2) is 0 Å². The van der Waals surface area contributed by atoms with E-state index in [0.717, 1.165) is 47.6 Å². The van der Waals surface area contributed by atoms with Crippen LogP contribution in [-0.4, -0.2) is 27.0 Å². The molecular formula is C26H28N4O2. The molecule has 0 saturated heterocycles. The molecule has 0 aliphatic heterocycles. The van der Waals surface area contributed by atoms with E-state index in [2.05, 4.69) is 46.9 Å². The Balaban J connectivity index is 1.37. The Morgan fingerprint density at radius 3 is 2.66 bits per heavy atom. The molecule has 0 unspecified atom stereocenters. The number of imidazole rings is 1. The number of aryl methyl sites for hydroxylation is 3. The molecule has 4 aromatic rings. The van der Waals surface area contributed by atoms with Gasteiger partial charge in [0.05, 0.1) is 24.2 Å². The number of ether oxygens (including phenoxy) is 1. The monoisotopic (exact) mass is 428 g/mol. The molecule has 1 amide bonds. The highest BCUT2D eigenvalue weighted by atomic mass is 16.5. The van der Waals surface area contributed by atoms with Gasteiger partial charge < -0.3 is 14.6 Å². The Hall–Kier alpha value is -3.67. The molecule has 4 rings (SSSR count). The van der Waals surface area contributed by atoms with Crippen LogP contribution in [0.5, 0.6) is 5.75 Å². The van der Waals surface area contributed by atoms with Gasteiger partial charge in [0.25, 0.3) is 5.91 Å². The van der Waals surface area contributed by atoms with Gasteiger partial charge in [-0.15, -0.1) is 0 Å². The van der Waals surface area contributed by atoms with Crippen LogP contribution in [0.3, 0.4) is 0 Å². The first-order valence-electron chi connectivity index (χ1n) is 10.9. The highest BCUT2D eigenvalue weighted by Gasteiger charge is 2.12. The van der Waals surface area contributed by atoms with Crippen LogP contribution < -0.4 is 10.1 Å². The largest absolute Gasteiger partial charge is 0.493 e. The minimum atomic E-state index is -0.132. The maximum Gasteiger partial charge on any atom is 0.251 e. The number of aromatic nitrogens is 3. The molecule has 0 aliphatic rings. The van der Waals surface area contributed by atoms with E-state index < -0.39 is 0 Å². The van der Waals surface area contributed by atoms with Crippen molar-refractivity contribution in [2.45, 2.75) is 39.8 Å². The first kappa shape index (κ1) is 21.6. The Bertz CT molecular complexity index is 1200. The number of unbranched alkanes of at least 4 members (excludes halogenated alkanes) is 1. The van der Waals surface area contributed by atoms with Gasteiger partial charge in [0, 0.05) is 24.5 Å². The third-order valence-corrected chi connectivity index (χ3v) is 5.45. The number of amides is 1. The number of hydrogen-bond acceptors (Lipinski definition) is 4. The Kier molecular flexibility index (Phi) is 6.80. The zero-order chi connectivity index (χ0) is 22.3. The fourth-order valence-electron chi connectivity index (χ4n) is 3.79. The van der Waals surface area contributed by atoms with Crippen molar-refractivity contribution in [3.63, 3.8) is 0 Å². The fourth-order valence-corrected chi connectivity index (χ4v) is 3.79. The number of nitrogens with one attached hydrogen (secondary N) is 1. The maximum atomic E-state index is 12.4. The van der Waals surface area contributed by atoms with Crippen LogP contribution >= 0.6 is 0 Å². The predicted octanol–water partition coefficient (Wildman–Crippen LogP) is 4.84. The number of fused-ring (bicyclic) bond motifs is 1. The van der Waals surface area contributed by atoms with Crippen LogP contribution in [-0.2, 0) is 13.1 Å². The maximum absolute atomic E-state index is 12.4. The number of carbonyl (C=O) groups excluding carboxylic acids is 1.